The first kappa shape index (κ1) is 21.3. The van der Waals surface area contributed by atoms with Crippen molar-refractivity contribution in [3.05, 3.63) is 108 Å². The van der Waals surface area contributed by atoms with Crippen LogP contribution in [-0.4, -0.2) is 47.9 Å². The Morgan fingerprint density at radius 1 is 0.917 bits per heavy atom. The van der Waals surface area contributed by atoms with Crippen molar-refractivity contribution in [1.82, 2.24) is 9.88 Å². The Hall–Kier alpha value is -3.96. The van der Waals surface area contributed by atoms with Crippen molar-refractivity contribution in [3.8, 4) is 11.1 Å². The van der Waals surface area contributed by atoms with E-state index in [1.54, 1.807) is 0 Å². The predicted octanol–water partition coefficient (Wildman–Crippen LogP) is 6.04. The van der Waals surface area contributed by atoms with Gasteiger partial charge in [-0.25, -0.2) is 4.79 Å². The van der Waals surface area contributed by atoms with E-state index in [1.165, 1.54) is 38.8 Å². The van der Waals surface area contributed by atoms with Gasteiger partial charge in [0.25, 0.3) is 0 Å². The van der Waals surface area contributed by atoms with E-state index in [0.29, 0.717) is 19.8 Å². The van der Waals surface area contributed by atoms with Crippen LogP contribution in [-0.2, 0) is 9.47 Å². The Labute approximate surface area is 210 Å². The van der Waals surface area contributed by atoms with Crippen molar-refractivity contribution < 1.29 is 14.3 Å². The fraction of sp³-hybridized carbons (Fsp3) is 0.226. The molecule has 2 bridgehead atoms. The molecule has 36 heavy (non-hydrogen) atoms. The van der Waals surface area contributed by atoms with Crippen molar-refractivity contribution in [2.24, 2.45) is 0 Å². The number of morpholine rings is 1. The molecule has 4 aromatic rings. The van der Waals surface area contributed by atoms with Crippen molar-refractivity contribution in [2.75, 3.05) is 19.8 Å². The van der Waals surface area contributed by atoms with E-state index in [2.05, 4.69) is 77.8 Å². The second-order valence-corrected chi connectivity index (χ2v) is 9.77. The summed E-state index contributed by atoms with van der Waals surface area (Å²) in [5.74, 6) is 0.0523. The van der Waals surface area contributed by atoms with Gasteiger partial charge in [-0.15, -0.1) is 0 Å². The SMILES string of the molecule is O=C(OCC1c2ccccc2-c2ccccc21)N1C2C=C(c3cccc4ccncc34)CC1COC2. The number of aromatic nitrogens is 1. The fourth-order valence-corrected chi connectivity index (χ4v) is 6.14. The van der Waals surface area contributed by atoms with E-state index in [1.807, 2.05) is 23.4 Å². The van der Waals surface area contributed by atoms with E-state index in [-0.39, 0.29) is 24.1 Å². The molecule has 2 atom stereocenters. The Morgan fingerprint density at radius 3 is 2.44 bits per heavy atom. The summed E-state index contributed by atoms with van der Waals surface area (Å²) in [5.41, 5.74) is 7.34. The number of carbonyl (C=O) groups excluding carboxylic acids is 1. The molecule has 0 saturated carbocycles. The van der Waals surface area contributed by atoms with Crippen LogP contribution in [0, 0.1) is 0 Å². The van der Waals surface area contributed by atoms with Gasteiger partial charge in [0.2, 0.25) is 0 Å². The largest absolute Gasteiger partial charge is 0.448 e. The van der Waals surface area contributed by atoms with Crippen LogP contribution in [0.5, 0.6) is 0 Å². The number of hydrogen-bond acceptors (Lipinski definition) is 4. The Balaban J connectivity index is 1.14. The number of nitrogens with zero attached hydrogens (tertiary/aromatic N) is 2. The van der Waals surface area contributed by atoms with E-state index >= 15 is 0 Å². The third-order valence-electron chi connectivity index (χ3n) is 7.78. The zero-order valence-corrected chi connectivity index (χ0v) is 19.8. The average molecular weight is 475 g/mol. The molecule has 0 radical (unpaired) electrons. The summed E-state index contributed by atoms with van der Waals surface area (Å²) < 4.78 is 11.9. The molecule has 0 N–H and O–H groups in total. The van der Waals surface area contributed by atoms with Gasteiger partial charge in [-0.1, -0.05) is 72.8 Å². The van der Waals surface area contributed by atoms with Crippen LogP contribution < -0.4 is 0 Å². The number of pyridine rings is 1. The molecule has 1 aromatic heterocycles. The van der Waals surface area contributed by atoms with Crippen molar-refractivity contribution in [3.63, 3.8) is 0 Å². The highest BCUT2D eigenvalue weighted by atomic mass is 16.6. The lowest BCUT2D eigenvalue weighted by Gasteiger charge is -2.44. The maximum atomic E-state index is 13.5. The summed E-state index contributed by atoms with van der Waals surface area (Å²) in [4.78, 5) is 19.7. The summed E-state index contributed by atoms with van der Waals surface area (Å²) in [6.07, 6.45) is 6.40. The standard InChI is InChI=1S/C31H26N2O3/c34-31(36-19-30-27-9-3-1-7-25(27)26-8-2-4-10-28(26)30)33-22-14-21(15-23(33)18-35-17-22)24-11-5-6-20-12-13-32-16-29(20)24/h1-14,16,22-23,30H,15,17-19H2. The van der Waals surface area contributed by atoms with Crippen LogP contribution in [0.3, 0.4) is 0 Å². The zero-order chi connectivity index (χ0) is 24.1. The molecule has 3 heterocycles. The van der Waals surface area contributed by atoms with Gasteiger partial charge in [-0.3, -0.25) is 9.88 Å². The molecule has 3 aliphatic rings. The maximum Gasteiger partial charge on any atom is 0.410 e. The minimum Gasteiger partial charge on any atom is -0.448 e. The van der Waals surface area contributed by atoms with Gasteiger partial charge in [0.15, 0.2) is 0 Å². The van der Waals surface area contributed by atoms with Gasteiger partial charge in [0.05, 0.1) is 25.3 Å². The number of amides is 1. The molecular weight excluding hydrogens is 448 g/mol. The summed E-state index contributed by atoms with van der Waals surface area (Å²) >= 11 is 0. The molecule has 1 aliphatic carbocycles. The predicted molar refractivity (Wildman–Crippen MR) is 140 cm³/mol. The van der Waals surface area contributed by atoms with Gasteiger partial charge in [-0.05, 0) is 51.3 Å². The van der Waals surface area contributed by atoms with Crippen molar-refractivity contribution in [1.29, 1.82) is 0 Å². The molecule has 2 aliphatic heterocycles. The lowest BCUT2D eigenvalue weighted by molar-refractivity contribution is -0.0331. The van der Waals surface area contributed by atoms with Crippen LogP contribution in [0.4, 0.5) is 4.79 Å². The highest BCUT2D eigenvalue weighted by Gasteiger charge is 2.40. The smallest absolute Gasteiger partial charge is 0.410 e. The molecule has 3 aromatic carbocycles. The lowest BCUT2D eigenvalue weighted by atomic mass is 9.88. The molecule has 1 fully saturated rings. The molecule has 2 unspecified atom stereocenters. The molecule has 1 saturated heterocycles. The zero-order valence-electron chi connectivity index (χ0n) is 19.8. The van der Waals surface area contributed by atoms with Crippen LogP contribution in [0.1, 0.15) is 29.0 Å². The number of rotatable bonds is 3. The highest BCUT2D eigenvalue weighted by Crippen LogP contribution is 2.45. The highest BCUT2D eigenvalue weighted by molar-refractivity contribution is 5.94. The summed E-state index contributed by atoms with van der Waals surface area (Å²) in [6, 6.07) is 25.0. The average Bonchev–Trinajstić information content (AvgIpc) is 3.24. The van der Waals surface area contributed by atoms with Crippen LogP contribution in [0.25, 0.3) is 27.5 Å². The third kappa shape index (κ3) is 3.42. The van der Waals surface area contributed by atoms with Gasteiger partial charge >= 0.3 is 6.09 Å². The van der Waals surface area contributed by atoms with E-state index < -0.39 is 0 Å². The second-order valence-electron chi connectivity index (χ2n) is 9.77. The fourth-order valence-electron chi connectivity index (χ4n) is 6.14. The van der Waals surface area contributed by atoms with Gasteiger partial charge < -0.3 is 9.47 Å². The normalized spacial score (nSPS) is 20.6. The molecule has 1 amide bonds. The second kappa shape index (κ2) is 8.61. The minimum absolute atomic E-state index is 0.0497. The first-order valence-electron chi connectivity index (χ1n) is 12.5. The van der Waals surface area contributed by atoms with Gasteiger partial charge in [0, 0.05) is 23.7 Å². The summed E-state index contributed by atoms with van der Waals surface area (Å²) in [5, 5.41) is 2.31. The molecule has 5 heteroatoms. The quantitative estimate of drug-likeness (QED) is 0.363. The molecular formula is C31H26N2O3. The lowest BCUT2D eigenvalue weighted by Crippen LogP contribution is -2.56. The van der Waals surface area contributed by atoms with Crippen molar-refractivity contribution in [2.45, 2.75) is 24.4 Å². The first-order chi connectivity index (χ1) is 17.8. The number of fused-ring (bicyclic) bond motifs is 6. The van der Waals surface area contributed by atoms with Crippen molar-refractivity contribution >= 4 is 22.4 Å². The van der Waals surface area contributed by atoms with Gasteiger partial charge in [0.1, 0.15) is 6.61 Å². The summed E-state index contributed by atoms with van der Waals surface area (Å²) in [7, 11) is 0. The van der Waals surface area contributed by atoms with Crippen LogP contribution in [0.2, 0.25) is 0 Å². The van der Waals surface area contributed by atoms with Gasteiger partial charge in [-0.2, -0.15) is 0 Å². The number of ether oxygens (including phenoxy) is 2. The topological polar surface area (TPSA) is 51.7 Å². The van der Waals surface area contributed by atoms with E-state index in [4.69, 9.17) is 9.47 Å². The Morgan fingerprint density at radius 2 is 1.67 bits per heavy atom. The van der Waals surface area contributed by atoms with Crippen LogP contribution >= 0.6 is 0 Å². The van der Waals surface area contributed by atoms with Crippen LogP contribution in [0.15, 0.2) is 91.3 Å². The minimum atomic E-state index is -0.259. The molecule has 0 spiro atoms. The first-order valence-corrected chi connectivity index (χ1v) is 12.5. The number of hydrogen-bond donors (Lipinski definition) is 0. The number of benzene rings is 3. The van der Waals surface area contributed by atoms with E-state index in [9.17, 15) is 4.79 Å². The molecule has 5 nitrogen and oxygen atoms in total. The third-order valence-corrected chi connectivity index (χ3v) is 7.78. The Bertz CT molecular complexity index is 1460. The monoisotopic (exact) mass is 474 g/mol. The summed E-state index contributed by atoms with van der Waals surface area (Å²) in [6.45, 7) is 1.32. The van der Waals surface area contributed by atoms with E-state index in [0.717, 1.165) is 11.8 Å². The Kier molecular flexibility index (Phi) is 5.10. The molecule has 178 valence electrons. The number of carbonyl (C=O) groups is 1. The maximum absolute atomic E-state index is 13.5. The molecule has 7 rings (SSSR count).